The molecule has 0 aromatic carbocycles. The van der Waals surface area contributed by atoms with E-state index in [0.717, 1.165) is 0 Å². The lowest BCUT2D eigenvalue weighted by molar-refractivity contribution is 0.112. The second-order valence-corrected chi connectivity index (χ2v) is 3.30. The monoisotopic (exact) mass is 229 g/mol. The average molecular weight is 230 g/mol. The molecule has 1 aromatic rings. The van der Waals surface area contributed by atoms with Crippen molar-refractivity contribution < 1.29 is 9.90 Å². The molecule has 0 spiro atoms. The number of hydrogen-bond donors (Lipinski definition) is 2. The molecule has 82 valence electrons. The highest BCUT2D eigenvalue weighted by Crippen LogP contribution is 2.18. The highest BCUT2D eigenvalue weighted by molar-refractivity contribution is 6.32. The predicted molar refractivity (Wildman–Crippen MR) is 57.4 cm³/mol. The fraction of sp³-hybridized carbons (Fsp3) is 0.444. The van der Waals surface area contributed by atoms with Gasteiger partial charge in [-0.25, -0.2) is 9.97 Å². The van der Waals surface area contributed by atoms with E-state index in [9.17, 15) is 4.79 Å². The van der Waals surface area contributed by atoms with E-state index in [2.05, 4.69) is 15.3 Å². The van der Waals surface area contributed by atoms with Gasteiger partial charge < -0.3 is 10.4 Å². The molecule has 0 bridgehead atoms. The first-order chi connectivity index (χ1) is 7.19. The van der Waals surface area contributed by atoms with Gasteiger partial charge in [-0.05, 0) is 13.3 Å². The molecule has 1 heterocycles. The number of halogens is 1. The molecule has 2 N–H and O–H groups in total. The van der Waals surface area contributed by atoms with Crippen LogP contribution in [0.4, 0.5) is 5.82 Å². The average Bonchev–Trinajstić information content (AvgIpc) is 2.17. The molecule has 0 radical (unpaired) electrons. The molecule has 0 fully saturated rings. The van der Waals surface area contributed by atoms with Crippen molar-refractivity contribution in [3.63, 3.8) is 0 Å². The Labute approximate surface area is 92.5 Å². The van der Waals surface area contributed by atoms with Gasteiger partial charge in [0.15, 0.2) is 6.29 Å². The Morgan fingerprint density at radius 3 is 2.87 bits per heavy atom. The van der Waals surface area contributed by atoms with Crippen LogP contribution in [0.3, 0.4) is 0 Å². The van der Waals surface area contributed by atoms with Gasteiger partial charge in [0, 0.05) is 13.2 Å². The first kappa shape index (κ1) is 11.9. The fourth-order valence-corrected chi connectivity index (χ4v) is 1.33. The zero-order valence-corrected chi connectivity index (χ0v) is 9.08. The van der Waals surface area contributed by atoms with Crippen LogP contribution in [-0.2, 0) is 0 Å². The van der Waals surface area contributed by atoms with Crippen LogP contribution in [0.2, 0.25) is 5.15 Å². The molecule has 0 aliphatic heterocycles. The Balaban J connectivity index is 2.88. The number of aldehydes is 1. The van der Waals surface area contributed by atoms with Gasteiger partial charge >= 0.3 is 0 Å². The van der Waals surface area contributed by atoms with Gasteiger partial charge in [-0.15, -0.1) is 0 Å². The number of aliphatic hydroxyl groups is 1. The molecule has 0 saturated carbocycles. The highest BCUT2D eigenvalue weighted by atomic mass is 35.5. The summed E-state index contributed by atoms with van der Waals surface area (Å²) in [4.78, 5) is 18.7. The van der Waals surface area contributed by atoms with Crippen molar-refractivity contribution in [1.29, 1.82) is 0 Å². The van der Waals surface area contributed by atoms with Gasteiger partial charge in [0.25, 0.3) is 0 Å². The maximum Gasteiger partial charge on any atom is 0.156 e. The summed E-state index contributed by atoms with van der Waals surface area (Å²) in [6.45, 7) is 2.31. The predicted octanol–water partition coefficient (Wildman–Crippen LogP) is 1.05. The number of aromatic nitrogens is 2. The van der Waals surface area contributed by atoms with Crippen LogP contribution in [0.15, 0.2) is 0 Å². The Bertz CT molecular complexity index is 357. The number of rotatable bonds is 5. The van der Waals surface area contributed by atoms with Gasteiger partial charge in [-0.1, -0.05) is 11.6 Å². The molecule has 1 aromatic heterocycles. The molecule has 1 rings (SSSR count). The number of nitrogens with one attached hydrogen (secondary N) is 1. The number of aryl methyl sites for hydroxylation is 1. The van der Waals surface area contributed by atoms with E-state index < -0.39 is 0 Å². The molecular weight excluding hydrogens is 218 g/mol. The van der Waals surface area contributed by atoms with Crippen LogP contribution >= 0.6 is 11.6 Å². The summed E-state index contributed by atoms with van der Waals surface area (Å²) in [5, 5.41) is 11.7. The normalized spacial score (nSPS) is 10.1. The third kappa shape index (κ3) is 3.14. The Hall–Kier alpha value is -1.20. The van der Waals surface area contributed by atoms with Crippen LogP contribution in [0, 0.1) is 6.92 Å². The third-order valence-electron chi connectivity index (χ3n) is 1.76. The molecule has 0 saturated heterocycles. The summed E-state index contributed by atoms with van der Waals surface area (Å²) in [6.07, 6.45) is 1.20. The summed E-state index contributed by atoms with van der Waals surface area (Å²) >= 11 is 5.78. The number of carbonyl (C=O) groups excluding carboxylic acids is 1. The van der Waals surface area contributed by atoms with Crippen molar-refractivity contribution in [3.05, 3.63) is 16.5 Å². The van der Waals surface area contributed by atoms with Gasteiger partial charge in [0.05, 0.1) is 5.56 Å². The number of anilines is 1. The second-order valence-electron chi connectivity index (χ2n) is 2.95. The SMILES string of the molecule is Cc1nc(Cl)c(C=O)c(NCCCO)n1. The minimum atomic E-state index is 0.0845. The van der Waals surface area contributed by atoms with Crippen LogP contribution in [0.25, 0.3) is 0 Å². The van der Waals surface area contributed by atoms with Gasteiger partial charge in [0.2, 0.25) is 0 Å². The van der Waals surface area contributed by atoms with Crippen LogP contribution in [0.1, 0.15) is 22.6 Å². The van der Waals surface area contributed by atoms with Crippen LogP contribution < -0.4 is 5.32 Å². The number of carbonyl (C=O) groups is 1. The highest BCUT2D eigenvalue weighted by Gasteiger charge is 2.09. The number of aliphatic hydroxyl groups excluding tert-OH is 1. The Morgan fingerprint density at radius 2 is 2.27 bits per heavy atom. The van der Waals surface area contributed by atoms with E-state index in [4.69, 9.17) is 16.7 Å². The topological polar surface area (TPSA) is 75.1 Å². The molecular formula is C9H12ClN3O2. The summed E-state index contributed by atoms with van der Waals surface area (Å²) < 4.78 is 0. The van der Waals surface area contributed by atoms with Crippen molar-refractivity contribution in [2.75, 3.05) is 18.5 Å². The first-order valence-electron chi connectivity index (χ1n) is 4.53. The summed E-state index contributed by atoms with van der Waals surface area (Å²) in [6, 6.07) is 0. The summed E-state index contributed by atoms with van der Waals surface area (Å²) in [7, 11) is 0. The van der Waals surface area contributed by atoms with Crippen molar-refractivity contribution in [2.45, 2.75) is 13.3 Å². The van der Waals surface area contributed by atoms with E-state index in [-0.39, 0.29) is 17.3 Å². The Kier molecular flexibility index (Phi) is 4.45. The zero-order chi connectivity index (χ0) is 11.3. The van der Waals surface area contributed by atoms with E-state index in [1.165, 1.54) is 0 Å². The molecule has 0 unspecified atom stereocenters. The maximum absolute atomic E-state index is 10.7. The zero-order valence-electron chi connectivity index (χ0n) is 8.33. The standard InChI is InChI=1S/C9H12ClN3O2/c1-6-12-8(10)7(5-15)9(13-6)11-3-2-4-14/h5,14H,2-4H2,1H3,(H,11,12,13). The molecule has 6 heteroatoms. The third-order valence-corrected chi connectivity index (χ3v) is 2.04. The van der Waals surface area contributed by atoms with E-state index in [1.807, 2.05) is 0 Å². The lowest BCUT2D eigenvalue weighted by Gasteiger charge is -2.08. The molecule has 15 heavy (non-hydrogen) atoms. The minimum absolute atomic E-state index is 0.0845. The van der Waals surface area contributed by atoms with Gasteiger partial charge in [-0.2, -0.15) is 0 Å². The van der Waals surface area contributed by atoms with E-state index in [1.54, 1.807) is 6.92 Å². The molecule has 0 amide bonds. The van der Waals surface area contributed by atoms with Crippen molar-refractivity contribution in [1.82, 2.24) is 9.97 Å². The first-order valence-corrected chi connectivity index (χ1v) is 4.91. The lowest BCUT2D eigenvalue weighted by atomic mass is 10.3. The smallest absolute Gasteiger partial charge is 0.156 e. The largest absolute Gasteiger partial charge is 0.396 e. The lowest BCUT2D eigenvalue weighted by Crippen LogP contribution is -2.09. The molecule has 0 aliphatic rings. The fourth-order valence-electron chi connectivity index (χ4n) is 1.07. The number of hydrogen-bond acceptors (Lipinski definition) is 5. The second kappa shape index (κ2) is 5.63. The van der Waals surface area contributed by atoms with Gasteiger partial charge in [-0.3, -0.25) is 4.79 Å². The maximum atomic E-state index is 10.7. The quantitative estimate of drug-likeness (QED) is 0.448. The Morgan fingerprint density at radius 1 is 1.53 bits per heavy atom. The van der Waals surface area contributed by atoms with E-state index >= 15 is 0 Å². The minimum Gasteiger partial charge on any atom is -0.396 e. The number of nitrogens with zero attached hydrogens (tertiary/aromatic N) is 2. The molecule has 0 atom stereocenters. The molecule has 0 aliphatic carbocycles. The van der Waals surface area contributed by atoms with Gasteiger partial charge in [0.1, 0.15) is 16.8 Å². The summed E-state index contributed by atoms with van der Waals surface area (Å²) in [5.74, 6) is 0.910. The van der Waals surface area contributed by atoms with E-state index in [0.29, 0.717) is 30.9 Å². The molecule has 5 nitrogen and oxygen atoms in total. The van der Waals surface area contributed by atoms with Crippen molar-refractivity contribution in [3.8, 4) is 0 Å². The van der Waals surface area contributed by atoms with Crippen LogP contribution in [-0.4, -0.2) is 34.5 Å². The summed E-state index contributed by atoms with van der Waals surface area (Å²) in [5.41, 5.74) is 0.250. The van der Waals surface area contributed by atoms with Crippen LogP contribution in [0.5, 0.6) is 0 Å². The van der Waals surface area contributed by atoms with Crippen molar-refractivity contribution >= 4 is 23.7 Å². The van der Waals surface area contributed by atoms with Crippen molar-refractivity contribution in [2.24, 2.45) is 0 Å².